The van der Waals surface area contributed by atoms with Gasteiger partial charge < -0.3 is 0 Å². The van der Waals surface area contributed by atoms with E-state index in [1.165, 1.54) is 0 Å². The van der Waals surface area contributed by atoms with E-state index in [0.29, 0.717) is 21.9 Å². The summed E-state index contributed by atoms with van der Waals surface area (Å²) in [5.74, 6) is 1.36. The average molecular weight is 330 g/mol. The maximum absolute atomic E-state index is 6.75. The molecule has 0 aromatic rings. The molecule has 0 nitrogen and oxygen atoms in total. The average Bonchev–Trinajstić information content (AvgIpc) is 2.98. The summed E-state index contributed by atoms with van der Waals surface area (Å²) in [5.41, 5.74) is 0. The molecule has 4 aliphatic rings. The van der Waals surface area contributed by atoms with Gasteiger partial charge in [-0.1, -0.05) is 35.4 Å². The number of alkyl halides is 3. The zero-order chi connectivity index (χ0) is 12.2. The van der Waals surface area contributed by atoms with Crippen molar-refractivity contribution in [1.29, 1.82) is 0 Å². The molecule has 5 heteroatoms. The molecular weight excluding hydrogens is 321 g/mol. The molecule has 0 aliphatic heterocycles. The minimum absolute atomic E-state index is 0.231. The van der Waals surface area contributed by atoms with Gasteiger partial charge in [-0.2, -0.15) is 0 Å². The van der Waals surface area contributed by atoms with Crippen LogP contribution in [0.2, 0.25) is 0 Å². The summed E-state index contributed by atoms with van der Waals surface area (Å²) in [7, 11) is 0. The lowest BCUT2D eigenvalue weighted by Crippen LogP contribution is -2.38. The van der Waals surface area contributed by atoms with Crippen LogP contribution in [0.25, 0.3) is 0 Å². The van der Waals surface area contributed by atoms with Gasteiger partial charge in [0.25, 0.3) is 0 Å². The Balaban J connectivity index is 1.99. The van der Waals surface area contributed by atoms with Gasteiger partial charge in [0, 0.05) is 0 Å². The highest BCUT2D eigenvalue weighted by Crippen LogP contribution is 2.76. The van der Waals surface area contributed by atoms with Crippen LogP contribution in [0.3, 0.4) is 0 Å². The van der Waals surface area contributed by atoms with Crippen LogP contribution in [0.4, 0.5) is 0 Å². The zero-order valence-electron chi connectivity index (χ0n) is 8.64. The van der Waals surface area contributed by atoms with Gasteiger partial charge in [-0.15, -0.1) is 34.8 Å². The lowest BCUT2D eigenvalue weighted by atomic mass is 9.75. The van der Waals surface area contributed by atoms with Crippen molar-refractivity contribution in [3.8, 4) is 0 Å². The van der Waals surface area contributed by atoms with Crippen LogP contribution in [0, 0.1) is 23.7 Å². The van der Waals surface area contributed by atoms with Crippen molar-refractivity contribution in [2.75, 3.05) is 0 Å². The number of fused-ring (bicyclic) bond motifs is 9. The van der Waals surface area contributed by atoms with E-state index in [9.17, 15) is 0 Å². The maximum Gasteiger partial charge on any atom is 0.103 e. The molecule has 92 valence electrons. The van der Waals surface area contributed by atoms with E-state index in [1.807, 2.05) is 0 Å². The van der Waals surface area contributed by atoms with Crippen molar-refractivity contribution in [2.24, 2.45) is 23.7 Å². The van der Waals surface area contributed by atoms with E-state index < -0.39 is 15.1 Å². The molecule has 4 aliphatic carbocycles. The molecule has 7 atom stereocenters. The van der Waals surface area contributed by atoms with Crippen LogP contribution < -0.4 is 0 Å². The summed E-state index contributed by atoms with van der Waals surface area (Å²) in [6.07, 6.45) is 5.58. The number of rotatable bonds is 0. The van der Waals surface area contributed by atoms with E-state index in [-0.39, 0.29) is 11.8 Å². The second-order valence-electron chi connectivity index (χ2n) is 5.53. The predicted octanol–water partition coefficient (Wildman–Crippen LogP) is 4.70. The lowest BCUT2D eigenvalue weighted by molar-refractivity contribution is 0.305. The fourth-order valence-corrected chi connectivity index (χ4v) is 7.15. The van der Waals surface area contributed by atoms with Crippen LogP contribution in [0.15, 0.2) is 22.2 Å². The van der Waals surface area contributed by atoms with Gasteiger partial charge >= 0.3 is 0 Å². The number of hydrogen-bond acceptors (Lipinski definition) is 0. The third-order valence-corrected chi connectivity index (χ3v) is 8.56. The minimum atomic E-state index is -0.767. The molecule has 0 amide bonds. The molecule has 2 saturated carbocycles. The Morgan fingerprint density at radius 3 is 1.76 bits per heavy atom. The second-order valence-corrected chi connectivity index (χ2v) is 7.97. The standard InChI is InChI=1S/C12H9Cl5/c13-8-9(14)12(17)7-5-2-1-4(3-5)6(7)11(8,16)10(12)15/h1-2,4-7,10H,3H2/t4-,5+,6?,7?,10?,11-,12+. The van der Waals surface area contributed by atoms with Crippen molar-refractivity contribution in [2.45, 2.75) is 21.5 Å². The molecule has 3 unspecified atom stereocenters. The Bertz CT molecular complexity index is 443. The summed E-state index contributed by atoms with van der Waals surface area (Å²) in [6.45, 7) is 0. The van der Waals surface area contributed by atoms with Gasteiger partial charge in [0.05, 0.1) is 15.4 Å². The highest BCUT2D eigenvalue weighted by molar-refractivity contribution is 6.55. The quantitative estimate of drug-likeness (QED) is 0.343. The topological polar surface area (TPSA) is 0 Å². The summed E-state index contributed by atoms with van der Waals surface area (Å²) in [6, 6.07) is 0. The predicted molar refractivity (Wildman–Crippen MR) is 73.3 cm³/mol. The zero-order valence-corrected chi connectivity index (χ0v) is 12.4. The third-order valence-electron chi connectivity index (χ3n) is 5.03. The van der Waals surface area contributed by atoms with E-state index in [4.69, 9.17) is 58.0 Å². The first kappa shape index (κ1) is 11.7. The molecule has 0 aromatic heterocycles. The lowest BCUT2D eigenvalue weighted by Gasteiger charge is -2.37. The van der Waals surface area contributed by atoms with Crippen molar-refractivity contribution in [3.63, 3.8) is 0 Å². The molecule has 0 aromatic carbocycles. The van der Waals surface area contributed by atoms with Gasteiger partial charge in [-0.25, -0.2) is 0 Å². The number of hydrogen-bond donors (Lipinski definition) is 0. The molecule has 17 heavy (non-hydrogen) atoms. The molecule has 0 heterocycles. The minimum Gasteiger partial charge on any atom is -0.118 e. The fraction of sp³-hybridized carbons (Fsp3) is 0.667. The smallest absolute Gasteiger partial charge is 0.103 e. The first-order valence-electron chi connectivity index (χ1n) is 5.70. The number of allylic oxidation sites excluding steroid dienone is 4. The van der Waals surface area contributed by atoms with Crippen LogP contribution in [0.1, 0.15) is 6.42 Å². The molecule has 0 spiro atoms. The fourth-order valence-electron chi connectivity index (χ4n) is 4.46. The Morgan fingerprint density at radius 2 is 1.35 bits per heavy atom. The van der Waals surface area contributed by atoms with Crippen LogP contribution in [-0.2, 0) is 0 Å². The van der Waals surface area contributed by atoms with E-state index >= 15 is 0 Å². The Kier molecular flexibility index (Phi) is 2.17. The third kappa shape index (κ3) is 0.984. The van der Waals surface area contributed by atoms with Crippen molar-refractivity contribution in [3.05, 3.63) is 22.2 Å². The molecule has 2 fully saturated rings. The van der Waals surface area contributed by atoms with E-state index in [0.717, 1.165) is 6.42 Å². The Hall–Kier alpha value is 0.930. The maximum atomic E-state index is 6.75. The second kappa shape index (κ2) is 3.15. The van der Waals surface area contributed by atoms with Crippen LogP contribution in [-0.4, -0.2) is 15.1 Å². The highest BCUT2D eigenvalue weighted by atomic mass is 35.5. The van der Waals surface area contributed by atoms with Gasteiger partial charge in [0.2, 0.25) is 0 Å². The van der Waals surface area contributed by atoms with Crippen LogP contribution >= 0.6 is 58.0 Å². The van der Waals surface area contributed by atoms with Gasteiger partial charge in [0.1, 0.15) is 9.75 Å². The first-order chi connectivity index (χ1) is 7.93. The van der Waals surface area contributed by atoms with Crippen molar-refractivity contribution in [1.82, 2.24) is 0 Å². The van der Waals surface area contributed by atoms with Gasteiger partial charge in [0.15, 0.2) is 0 Å². The molecule has 0 N–H and O–H groups in total. The van der Waals surface area contributed by atoms with Gasteiger partial charge in [-0.3, -0.25) is 0 Å². The molecule has 0 radical (unpaired) electrons. The monoisotopic (exact) mass is 328 g/mol. The highest BCUT2D eigenvalue weighted by Gasteiger charge is 2.78. The normalized spacial score (nSPS) is 62.8. The van der Waals surface area contributed by atoms with Crippen molar-refractivity contribution >= 4 is 58.0 Å². The molecule has 0 saturated heterocycles. The SMILES string of the molecule is ClC1=C(Cl)[C@]2(Cl)C3C([C@H]4C=C[C@@H]3C4)[C@@]1(Cl)C2Cl. The Labute approximate surface area is 125 Å². The van der Waals surface area contributed by atoms with Crippen LogP contribution in [0.5, 0.6) is 0 Å². The van der Waals surface area contributed by atoms with Gasteiger partial charge in [-0.05, 0) is 30.1 Å². The first-order valence-corrected chi connectivity index (χ1v) is 7.64. The number of halogens is 5. The molecule has 4 rings (SSSR count). The van der Waals surface area contributed by atoms with E-state index in [2.05, 4.69) is 12.2 Å². The van der Waals surface area contributed by atoms with E-state index in [1.54, 1.807) is 0 Å². The summed E-state index contributed by atoms with van der Waals surface area (Å²) >= 11 is 32.6. The van der Waals surface area contributed by atoms with Crippen molar-refractivity contribution < 1.29 is 0 Å². The summed E-state index contributed by atoms with van der Waals surface area (Å²) < 4.78 is 0. The summed E-state index contributed by atoms with van der Waals surface area (Å²) in [5, 5.41) is 0.523. The molecular formula is C12H9Cl5. The summed E-state index contributed by atoms with van der Waals surface area (Å²) in [4.78, 5) is -1.53. The molecule has 4 bridgehead atoms. The largest absolute Gasteiger partial charge is 0.118 e. The Morgan fingerprint density at radius 1 is 0.941 bits per heavy atom.